The zero-order valence-electron chi connectivity index (χ0n) is 13.0. The topological polar surface area (TPSA) is 29.5 Å². The number of rotatable bonds is 6. The molecule has 2 unspecified atom stereocenters. The second-order valence-corrected chi connectivity index (χ2v) is 5.62. The smallest absolute Gasteiger partial charge is 0.119 e. The van der Waals surface area contributed by atoms with E-state index in [-0.39, 0.29) is 6.61 Å². The van der Waals surface area contributed by atoms with E-state index in [1.165, 1.54) is 5.56 Å². The normalized spacial score (nSPS) is 13.7. The first kappa shape index (κ1) is 15.6. The number of hydrogen-bond acceptors (Lipinski definition) is 2. The van der Waals surface area contributed by atoms with Crippen LogP contribution in [0, 0.1) is 6.92 Å². The molecule has 2 nitrogen and oxygen atoms in total. The van der Waals surface area contributed by atoms with Crippen molar-refractivity contribution in [3.63, 3.8) is 0 Å². The largest absolute Gasteiger partial charge is 0.491 e. The van der Waals surface area contributed by atoms with Crippen LogP contribution in [0.15, 0.2) is 48.5 Å². The molecule has 2 aromatic carbocycles. The third-order valence-electron chi connectivity index (χ3n) is 3.90. The number of ether oxygens (including phenoxy) is 1. The highest BCUT2D eigenvalue weighted by molar-refractivity contribution is 5.29. The number of aliphatic hydroxyl groups is 1. The summed E-state index contributed by atoms with van der Waals surface area (Å²) in [4.78, 5) is 0. The first-order chi connectivity index (χ1) is 10.1. The van der Waals surface area contributed by atoms with Crippen molar-refractivity contribution in [3.8, 4) is 5.75 Å². The molecular weight excluding hydrogens is 260 g/mol. The minimum Gasteiger partial charge on any atom is -0.491 e. The van der Waals surface area contributed by atoms with Crippen molar-refractivity contribution in [2.24, 2.45) is 0 Å². The number of aryl methyl sites for hydroxylation is 1. The van der Waals surface area contributed by atoms with E-state index in [9.17, 15) is 5.11 Å². The van der Waals surface area contributed by atoms with Crippen molar-refractivity contribution >= 4 is 0 Å². The molecule has 0 bridgehead atoms. The molecule has 0 amide bonds. The third-order valence-corrected chi connectivity index (χ3v) is 3.90. The number of aliphatic hydroxyl groups excluding tert-OH is 1. The first-order valence-corrected chi connectivity index (χ1v) is 7.57. The summed E-state index contributed by atoms with van der Waals surface area (Å²) in [6.07, 6.45) is 0.533. The van der Waals surface area contributed by atoms with Crippen molar-refractivity contribution in [3.05, 3.63) is 65.2 Å². The molecule has 2 aromatic rings. The van der Waals surface area contributed by atoms with Gasteiger partial charge in [-0.05, 0) is 42.5 Å². The molecule has 0 heterocycles. The second kappa shape index (κ2) is 7.28. The van der Waals surface area contributed by atoms with Gasteiger partial charge in [-0.2, -0.15) is 0 Å². The van der Waals surface area contributed by atoms with Crippen LogP contribution in [0.25, 0.3) is 0 Å². The van der Waals surface area contributed by atoms with Gasteiger partial charge < -0.3 is 9.84 Å². The van der Waals surface area contributed by atoms with Gasteiger partial charge in [0.2, 0.25) is 0 Å². The summed E-state index contributed by atoms with van der Waals surface area (Å²) in [5, 5.41) is 10.2. The summed E-state index contributed by atoms with van der Waals surface area (Å²) in [7, 11) is 0. The molecule has 2 heteroatoms. The predicted octanol–water partition coefficient (Wildman–Crippen LogP) is 4.62. The van der Waals surface area contributed by atoms with Gasteiger partial charge >= 0.3 is 0 Å². The van der Waals surface area contributed by atoms with Crippen molar-refractivity contribution in [1.82, 2.24) is 0 Å². The van der Waals surface area contributed by atoms with Crippen LogP contribution in [-0.2, 0) is 0 Å². The fourth-order valence-corrected chi connectivity index (χ4v) is 2.28. The van der Waals surface area contributed by atoms with E-state index in [0.29, 0.717) is 5.92 Å². The van der Waals surface area contributed by atoms with E-state index < -0.39 is 6.10 Å². The third kappa shape index (κ3) is 4.33. The maximum atomic E-state index is 10.2. The van der Waals surface area contributed by atoms with Gasteiger partial charge in [-0.1, -0.05) is 55.8 Å². The van der Waals surface area contributed by atoms with Gasteiger partial charge in [0.15, 0.2) is 0 Å². The van der Waals surface area contributed by atoms with E-state index >= 15 is 0 Å². The van der Waals surface area contributed by atoms with Gasteiger partial charge in [0.25, 0.3) is 0 Å². The SMILES string of the molecule is CCC(C)c1ccc(OCC(O)c2cccc(C)c2)cc1. The highest BCUT2D eigenvalue weighted by Crippen LogP contribution is 2.22. The Kier molecular flexibility index (Phi) is 5.40. The average Bonchev–Trinajstić information content (AvgIpc) is 2.52. The molecule has 2 atom stereocenters. The Labute approximate surface area is 127 Å². The Bertz CT molecular complexity index is 560. The van der Waals surface area contributed by atoms with Crippen molar-refractivity contribution < 1.29 is 9.84 Å². The van der Waals surface area contributed by atoms with E-state index in [1.807, 2.05) is 43.3 Å². The highest BCUT2D eigenvalue weighted by Gasteiger charge is 2.09. The van der Waals surface area contributed by atoms with Gasteiger partial charge in [0.1, 0.15) is 18.5 Å². The van der Waals surface area contributed by atoms with Gasteiger partial charge in [-0.25, -0.2) is 0 Å². The standard InChI is InChI=1S/C19H24O2/c1-4-15(3)16-8-10-18(11-9-16)21-13-19(20)17-7-5-6-14(2)12-17/h5-12,15,19-20H,4,13H2,1-3H3. The lowest BCUT2D eigenvalue weighted by atomic mass is 9.99. The molecule has 21 heavy (non-hydrogen) atoms. The van der Waals surface area contributed by atoms with Crippen LogP contribution >= 0.6 is 0 Å². The van der Waals surface area contributed by atoms with Crippen molar-refractivity contribution in [1.29, 1.82) is 0 Å². The van der Waals surface area contributed by atoms with Crippen LogP contribution in [-0.4, -0.2) is 11.7 Å². The average molecular weight is 284 g/mol. The van der Waals surface area contributed by atoms with Crippen LogP contribution in [0.2, 0.25) is 0 Å². The molecule has 0 aliphatic carbocycles. The summed E-state index contributed by atoms with van der Waals surface area (Å²) in [5.41, 5.74) is 3.36. The Hall–Kier alpha value is -1.80. The minimum atomic E-state index is -0.598. The summed E-state index contributed by atoms with van der Waals surface area (Å²) in [6.45, 7) is 6.70. The Balaban J connectivity index is 1.93. The maximum absolute atomic E-state index is 10.2. The molecule has 0 aliphatic rings. The Morgan fingerprint density at radius 3 is 2.38 bits per heavy atom. The maximum Gasteiger partial charge on any atom is 0.119 e. The van der Waals surface area contributed by atoms with Crippen molar-refractivity contribution in [2.75, 3.05) is 6.61 Å². The Morgan fingerprint density at radius 1 is 1.05 bits per heavy atom. The van der Waals surface area contributed by atoms with Crippen LogP contribution in [0.3, 0.4) is 0 Å². The second-order valence-electron chi connectivity index (χ2n) is 5.62. The number of hydrogen-bond donors (Lipinski definition) is 1. The number of benzene rings is 2. The van der Waals surface area contributed by atoms with Gasteiger partial charge in [0.05, 0.1) is 0 Å². The van der Waals surface area contributed by atoms with Crippen LogP contribution in [0.4, 0.5) is 0 Å². The minimum absolute atomic E-state index is 0.270. The lowest BCUT2D eigenvalue weighted by molar-refractivity contribution is 0.108. The zero-order valence-corrected chi connectivity index (χ0v) is 13.0. The Morgan fingerprint density at radius 2 is 1.76 bits per heavy atom. The van der Waals surface area contributed by atoms with Gasteiger partial charge in [-0.3, -0.25) is 0 Å². The molecule has 0 radical (unpaired) electrons. The van der Waals surface area contributed by atoms with Crippen LogP contribution < -0.4 is 4.74 Å². The van der Waals surface area contributed by atoms with Gasteiger partial charge in [0, 0.05) is 0 Å². The molecule has 1 N–H and O–H groups in total. The summed E-state index contributed by atoms with van der Waals surface area (Å²) >= 11 is 0. The summed E-state index contributed by atoms with van der Waals surface area (Å²) < 4.78 is 5.68. The van der Waals surface area contributed by atoms with E-state index in [1.54, 1.807) is 0 Å². The molecular formula is C19H24O2. The van der Waals surface area contributed by atoms with E-state index in [0.717, 1.165) is 23.3 Å². The lowest BCUT2D eigenvalue weighted by Gasteiger charge is -2.14. The molecule has 0 saturated heterocycles. The zero-order chi connectivity index (χ0) is 15.2. The first-order valence-electron chi connectivity index (χ1n) is 7.57. The molecule has 2 rings (SSSR count). The molecule has 0 aliphatic heterocycles. The molecule has 0 spiro atoms. The van der Waals surface area contributed by atoms with Crippen LogP contribution in [0.5, 0.6) is 5.75 Å². The summed E-state index contributed by atoms with van der Waals surface area (Å²) in [5.74, 6) is 1.37. The van der Waals surface area contributed by atoms with Gasteiger partial charge in [-0.15, -0.1) is 0 Å². The molecule has 0 fully saturated rings. The molecule has 0 aromatic heterocycles. The quantitative estimate of drug-likeness (QED) is 0.838. The van der Waals surface area contributed by atoms with Crippen molar-refractivity contribution in [2.45, 2.75) is 39.2 Å². The monoisotopic (exact) mass is 284 g/mol. The van der Waals surface area contributed by atoms with E-state index in [2.05, 4.69) is 26.0 Å². The van der Waals surface area contributed by atoms with E-state index in [4.69, 9.17) is 4.74 Å². The highest BCUT2D eigenvalue weighted by atomic mass is 16.5. The lowest BCUT2D eigenvalue weighted by Crippen LogP contribution is -2.09. The summed E-state index contributed by atoms with van der Waals surface area (Å²) in [6, 6.07) is 16.0. The predicted molar refractivity (Wildman–Crippen MR) is 86.8 cm³/mol. The molecule has 0 saturated carbocycles. The fraction of sp³-hybridized carbons (Fsp3) is 0.368. The van der Waals surface area contributed by atoms with Crippen LogP contribution in [0.1, 0.15) is 49.0 Å². The fourth-order valence-electron chi connectivity index (χ4n) is 2.28. The molecule has 112 valence electrons.